The number of nitrogens with one attached hydrogen (secondary N) is 2. The average molecular weight is 247 g/mol. The second-order valence-electron chi connectivity index (χ2n) is 4.84. The topological polar surface area (TPSA) is 44.4 Å². The highest BCUT2D eigenvalue weighted by Gasteiger charge is 2.17. The summed E-state index contributed by atoms with van der Waals surface area (Å²) in [6, 6.07) is 8.91. The summed E-state index contributed by atoms with van der Waals surface area (Å²) in [4.78, 5) is 13.3. The third-order valence-corrected chi connectivity index (χ3v) is 3.22. The Morgan fingerprint density at radius 2 is 2.28 bits per heavy atom. The number of hydrogen-bond acceptors (Lipinski definition) is 3. The van der Waals surface area contributed by atoms with Crippen LogP contribution in [0.5, 0.6) is 0 Å². The Morgan fingerprint density at radius 1 is 1.50 bits per heavy atom. The lowest BCUT2D eigenvalue weighted by molar-refractivity contribution is -0.118. The van der Waals surface area contributed by atoms with Crippen molar-refractivity contribution in [3.05, 3.63) is 29.8 Å². The van der Waals surface area contributed by atoms with Gasteiger partial charge < -0.3 is 15.5 Å². The van der Waals surface area contributed by atoms with Crippen LogP contribution in [0, 0.1) is 0 Å². The lowest BCUT2D eigenvalue weighted by atomic mass is 10.1. The van der Waals surface area contributed by atoms with Gasteiger partial charge >= 0.3 is 0 Å². The van der Waals surface area contributed by atoms with E-state index in [1.807, 2.05) is 0 Å². The highest BCUT2D eigenvalue weighted by atomic mass is 16.1. The lowest BCUT2D eigenvalue weighted by Gasteiger charge is -2.26. The SMILES string of the molecule is CC(=O)NCCN1CC(C)NCc2ccccc21. The van der Waals surface area contributed by atoms with Crippen molar-refractivity contribution in [1.82, 2.24) is 10.6 Å². The first-order valence-electron chi connectivity index (χ1n) is 6.47. The molecule has 1 atom stereocenters. The largest absolute Gasteiger partial charge is 0.368 e. The maximum Gasteiger partial charge on any atom is 0.216 e. The molecule has 0 saturated carbocycles. The van der Waals surface area contributed by atoms with E-state index < -0.39 is 0 Å². The maximum atomic E-state index is 10.9. The summed E-state index contributed by atoms with van der Waals surface area (Å²) >= 11 is 0. The van der Waals surface area contributed by atoms with Crippen molar-refractivity contribution in [2.24, 2.45) is 0 Å². The molecule has 4 nitrogen and oxygen atoms in total. The lowest BCUT2D eigenvalue weighted by Crippen LogP contribution is -2.40. The van der Waals surface area contributed by atoms with Gasteiger partial charge in [0.1, 0.15) is 0 Å². The van der Waals surface area contributed by atoms with Crippen LogP contribution in [0.1, 0.15) is 19.4 Å². The second kappa shape index (κ2) is 5.87. The first-order chi connectivity index (χ1) is 8.66. The summed E-state index contributed by atoms with van der Waals surface area (Å²) < 4.78 is 0. The molecule has 1 aromatic carbocycles. The number of hydrogen-bond donors (Lipinski definition) is 2. The van der Waals surface area contributed by atoms with E-state index in [0.717, 1.165) is 19.6 Å². The first kappa shape index (κ1) is 12.9. The number of amides is 1. The molecule has 1 amide bonds. The van der Waals surface area contributed by atoms with Crippen molar-refractivity contribution in [3.8, 4) is 0 Å². The Hall–Kier alpha value is -1.55. The van der Waals surface area contributed by atoms with Gasteiger partial charge in [0.05, 0.1) is 0 Å². The molecule has 0 spiro atoms. The molecule has 0 bridgehead atoms. The van der Waals surface area contributed by atoms with E-state index in [0.29, 0.717) is 12.6 Å². The van der Waals surface area contributed by atoms with Gasteiger partial charge in [0.15, 0.2) is 0 Å². The highest BCUT2D eigenvalue weighted by molar-refractivity contribution is 5.72. The zero-order valence-corrected chi connectivity index (χ0v) is 11.1. The molecule has 1 heterocycles. The normalized spacial score (nSPS) is 19.0. The number of anilines is 1. The van der Waals surface area contributed by atoms with Crippen LogP contribution in [0.15, 0.2) is 24.3 Å². The minimum absolute atomic E-state index is 0.0317. The summed E-state index contributed by atoms with van der Waals surface area (Å²) in [6.07, 6.45) is 0. The molecular formula is C14H21N3O. The van der Waals surface area contributed by atoms with E-state index >= 15 is 0 Å². The Balaban J connectivity index is 2.09. The number of carbonyl (C=O) groups excluding carboxylic acids is 1. The van der Waals surface area contributed by atoms with Gasteiger partial charge in [-0.3, -0.25) is 4.79 Å². The van der Waals surface area contributed by atoms with Crippen LogP contribution < -0.4 is 15.5 Å². The molecule has 0 aliphatic carbocycles. The van der Waals surface area contributed by atoms with Crippen molar-refractivity contribution in [2.45, 2.75) is 26.4 Å². The first-order valence-corrected chi connectivity index (χ1v) is 6.47. The molecular weight excluding hydrogens is 226 g/mol. The Bertz CT molecular complexity index is 419. The van der Waals surface area contributed by atoms with Gasteiger partial charge in [-0.1, -0.05) is 18.2 Å². The van der Waals surface area contributed by atoms with Crippen LogP contribution in [-0.4, -0.2) is 31.6 Å². The fourth-order valence-corrected chi connectivity index (χ4v) is 2.33. The molecule has 0 saturated heterocycles. The van der Waals surface area contributed by atoms with Crippen LogP contribution in [0.3, 0.4) is 0 Å². The molecule has 0 fully saturated rings. The number of carbonyl (C=O) groups is 1. The van der Waals surface area contributed by atoms with E-state index in [1.165, 1.54) is 11.3 Å². The van der Waals surface area contributed by atoms with E-state index in [9.17, 15) is 4.79 Å². The average Bonchev–Trinajstić information content (AvgIpc) is 2.50. The van der Waals surface area contributed by atoms with Crippen molar-refractivity contribution >= 4 is 11.6 Å². The third-order valence-electron chi connectivity index (χ3n) is 3.22. The smallest absolute Gasteiger partial charge is 0.216 e. The Morgan fingerprint density at radius 3 is 3.06 bits per heavy atom. The molecule has 98 valence electrons. The van der Waals surface area contributed by atoms with Gasteiger partial charge in [-0.05, 0) is 18.6 Å². The van der Waals surface area contributed by atoms with E-state index in [2.05, 4.69) is 46.7 Å². The predicted molar refractivity (Wildman–Crippen MR) is 73.6 cm³/mol. The fraction of sp³-hybridized carbons (Fsp3) is 0.500. The number of para-hydroxylation sites is 1. The summed E-state index contributed by atoms with van der Waals surface area (Å²) in [5.74, 6) is 0.0317. The van der Waals surface area contributed by atoms with Crippen molar-refractivity contribution < 1.29 is 4.79 Å². The van der Waals surface area contributed by atoms with Crippen molar-refractivity contribution in [3.63, 3.8) is 0 Å². The molecule has 18 heavy (non-hydrogen) atoms. The van der Waals surface area contributed by atoms with Crippen LogP contribution in [0.4, 0.5) is 5.69 Å². The number of rotatable bonds is 3. The van der Waals surface area contributed by atoms with Gasteiger partial charge in [-0.15, -0.1) is 0 Å². The van der Waals surface area contributed by atoms with Gasteiger partial charge in [-0.2, -0.15) is 0 Å². The Labute approximate surface area is 108 Å². The van der Waals surface area contributed by atoms with Gasteiger partial charge in [0.25, 0.3) is 0 Å². The van der Waals surface area contributed by atoms with Gasteiger partial charge in [0.2, 0.25) is 5.91 Å². The van der Waals surface area contributed by atoms with Gasteiger partial charge in [0, 0.05) is 44.8 Å². The van der Waals surface area contributed by atoms with Gasteiger partial charge in [-0.25, -0.2) is 0 Å². The molecule has 2 rings (SSSR count). The molecule has 0 radical (unpaired) electrons. The van der Waals surface area contributed by atoms with Crippen molar-refractivity contribution in [1.29, 1.82) is 0 Å². The monoisotopic (exact) mass is 247 g/mol. The maximum absolute atomic E-state index is 10.9. The van der Waals surface area contributed by atoms with Crippen LogP contribution in [-0.2, 0) is 11.3 Å². The van der Waals surface area contributed by atoms with E-state index in [1.54, 1.807) is 6.92 Å². The molecule has 1 aliphatic heterocycles. The number of nitrogens with zero attached hydrogens (tertiary/aromatic N) is 1. The summed E-state index contributed by atoms with van der Waals surface area (Å²) in [5.41, 5.74) is 2.60. The highest BCUT2D eigenvalue weighted by Crippen LogP contribution is 2.22. The van der Waals surface area contributed by atoms with Crippen LogP contribution in [0.25, 0.3) is 0 Å². The van der Waals surface area contributed by atoms with Crippen molar-refractivity contribution in [2.75, 3.05) is 24.5 Å². The minimum atomic E-state index is 0.0317. The standard InChI is InChI=1S/C14H21N3O/c1-11-10-17(8-7-15-12(2)18)14-6-4-3-5-13(14)9-16-11/h3-6,11,16H,7-10H2,1-2H3,(H,15,18). The molecule has 4 heteroatoms. The van der Waals surface area contributed by atoms with Crippen LogP contribution in [0.2, 0.25) is 0 Å². The summed E-state index contributed by atoms with van der Waals surface area (Å²) in [7, 11) is 0. The second-order valence-corrected chi connectivity index (χ2v) is 4.84. The minimum Gasteiger partial charge on any atom is -0.368 e. The van der Waals surface area contributed by atoms with Crippen LogP contribution >= 0.6 is 0 Å². The predicted octanol–water partition coefficient (Wildman–Crippen LogP) is 1.12. The van der Waals surface area contributed by atoms with E-state index in [-0.39, 0.29) is 5.91 Å². The molecule has 1 unspecified atom stereocenters. The molecule has 1 aromatic rings. The quantitative estimate of drug-likeness (QED) is 0.841. The zero-order chi connectivity index (χ0) is 13.0. The number of benzene rings is 1. The zero-order valence-electron chi connectivity index (χ0n) is 11.1. The fourth-order valence-electron chi connectivity index (χ4n) is 2.33. The molecule has 2 N–H and O–H groups in total. The molecule has 1 aliphatic rings. The summed E-state index contributed by atoms with van der Waals surface area (Å²) in [6.45, 7) is 7.17. The molecule has 0 aromatic heterocycles. The number of fused-ring (bicyclic) bond motifs is 1. The summed E-state index contributed by atoms with van der Waals surface area (Å²) in [5, 5.41) is 6.36. The van der Waals surface area contributed by atoms with E-state index in [4.69, 9.17) is 0 Å². The third kappa shape index (κ3) is 3.23. The Kier molecular flexibility index (Phi) is 4.20.